The van der Waals surface area contributed by atoms with Crippen LogP contribution in [-0.4, -0.2) is 114 Å². The van der Waals surface area contributed by atoms with Gasteiger partial charge in [0.05, 0.1) is 19.2 Å². The lowest BCUT2D eigenvalue weighted by Crippen LogP contribution is -2.55. The van der Waals surface area contributed by atoms with Gasteiger partial charge in [-0.1, -0.05) is 0 Å². The minimum absolute atomic E-state index is 0.0859. The number of esters is 2. The second kappa shape index (κ2) is 18.7. The number of carboxylic acid groups (broad SMARTS) is 1. The molecular weight excluding hydrogens is 671 g/mol. The SMILES string of the molecule is CC(NOC(=O)CCC(=O)OCC(O)C1OC(=O)C(OP(=O)(O)O)=C1O)C(=O)NC(Cc1cnc[nH]1)C(=O)NC(CCCCN)C(=O)O. The highest BCUT2D eigenvalue weighted by Gasteiger charge is 2.43. The maximum atomic E-state index is 13.0. The number of hydrogen-bond donors (Lipinski definition) is 10. The Bertz CT molecular complexity index is 1380. The quantitative estimate of drug-likeness (QED) is 0.0201. The van der Waals surface area contributed by atoms with E-state index in [1.54, 1.807) is 0 Å². The number of H-pyrrole nitrogens is 1. The lowest BCUT2D eigenvalue weighted by Gasteiger charge is -2.23. The summed E-state index contributed by atoms with van der Waals surface area (Å²) in [5, 5.41) is 34.3. The van der Waals surface area contributed by atoms with Crippen LogP contribution in [-0.2, 0) is 58.6 Å². The molecule has 11 N–H and O–H groups in total. The number of amides is 2. The van der Waals surface area contributed by atoms with Crippen molar-refractivity contribution in [3.8, 4) is 0 Å². The summed E-state index contributed by atoms with van der Waals surface area (Å²) in [6.45, 7) is 0.757. The first kappa shape index (κ1) is 39.6. The molecule has 268 valence electrons. The predicted octanol–water partition coefficient (Wildman–Crippen LogP) is -2.94. The van der Waals surface area contributed by atoms with Gasteiger partial charge < -0.3 is 55.5 Å². The van der Waals surface area contributed by atoms with E-state index in [-0.39, 0.29) is 12.8 Å². The van der Waals surface area contributed by atoms with Crippen molar-refractivity contribution in [2.45, 2.75) is 75.8 Å². The van der Waals surface area contributed by atoms with E-state index >= 15 is 0 Å². The summed E-state index contributed by atoms with van der Waals surface area (Å²) in [4.78, 5) is 102. The third-order valence-electron chi connectivity index (χ3n) is 6.35. The minimum atomic E-state index is -5.24. The zero-order chi connectivity index (χ0) is 36.0. The number of aromatic nitrogens is 2. The summed E-state index contributed by atoms with van der Waals surface area (Å²) in [5.74, 6) is -8.80. The number of phosphoric acid groups is 1. The summed E-state index contributed by atoms with van der Waals surface area (Å²) >= 11 is 0. The van der Waals surface area contributed by atoms with Crippen LogP contribution < -0.4 is 21.8 Å². The fourth-order valence-corrected chi connectivity index (χ4v) is 4.27. The molecule has 1 aliphatic heterocycles. The Hall–Kier alpha value is -4.60. The highest BCUT2D eigenvalue weighted by atomic mass is 31.2. The highest BCUT2D eigenvalue weighted by molar-refractivity contribution is 7.46. The predicted molar refractivity (Wildman–Crippen MR) is 154 cm³/mol. The monoisotopic (exact) mass is 708 g/mol. The number of ether oxygens (including phenoxy) is 2. The zero-order valence-corrected chi connectivity index (χ0v) is 26.3. The van der Waals surface area contributed by atoms with E-state index in [0.717, 1.165) is 0 Å². The number of hydrogen-bond acceptors (Lipinski definition) is 16. The van der Waals surface area contributed by atoms with Crippen molar-refractivity contribution >= 4 is 43.5 Å². The number of nitrogens with two attached hydrogens (primary N) is 1. The molecule has 0 spiro atoms. The second-order valence-corrected chi connectivity index (χ2v) is 11.4. The lowest BCUT2D eigenvalue weighted by atomic mass is 10.1. The Morgan fingerprint density at radius 3 is 2.38 bits per heavy atom. The molecular formula is C25H37N6O16P. The molecule has 5 unspecified atom stereocenters. The van der Waals surface area contributed by atoms with E-state index < -0.39 is 105 Å². The number of aliphatic carboxylic acids is 1. The number of cyclic esters (lactones) is 1. The van der Waals surface area contributed by atoms with Crippen LogP contribution in [0.25, 0.3) is 0 Å². The van der Waals surface area contributed by atoms with Gasteiger partial charge in [-0.2, -0.15) is 0 Å². The van der Waals surface area contributed by atoms with Crippen LogP contribution in [0.4, 0.5) is 0 Å². The van der Waals surface area contributed by atoms with Crippen LogP contribution in [0, 0.1) is 0 Å². The molecule has 0 aliphatic carbocycles. The van der Waals surface area contributed by atoms with E-state index in [1.165, 1.54) is 19.4 Å². The molecule has 2 heterocycles. The molecule has 48 heavy (non-hydrogen) atoms. The van der Waals surface area contributed by atoms with Crippen LogP contribution in [0.5, 0.6) is 0 Å². The summed E-state index contributed by atoms with van der Waals surface area (Å²) in [7, 11) is -5.24. The van der Waals surface area contributed by atoms with Crippen molar-refractivity contribution in [2.75, 3.05) is 13.2 Å². The summed E-state index contributed by atoms with van der Waals surface area (Å²) in [6, 6.07) is -3.72. The summed E-state index contributed by atoms with van der Waals surface area (Å²) < 4.78 is 24.2. The van der Waals surface area contributed by atoms with Crippen LogP contribution in [0.15, 0.2) is 24.0 Å². The number of aromatic amines is 1. The highest BCUT2D eigenvalue weighted by Crippen LogP contribution is 2.42. The van der Waals surface area contributed by atoms with Gasteiger partial charge in [0.1, 0.15) is 30.8 Å². The van der Waals surface area contributed by atoms with Gasteiger partial charge in [0.15, 0.2) is 11.9 Å². The smallest absolute Gasteiger partial charge is 0.505 e. The molecule has 0 saturated carbocycles. The molecule has 0 bridgehead atoms. The second-order valence-electron chi connectivity index (χ2n) is 10.2. The first-order valence-electron chi connectivity index (χ1n) is 14.2. The van der Waals surface area contributed by atoms with Gasteiger partial charge in [0.2, 0.25) is 11.8 Å². The van der Waals surface area contributed by atoms with Crippen LogP contribution in [0.2, 0.25) is 0 Å². The molecule has 23 heteroatoms. The van der Waals surface area contributed by atoms with Crippen molar-refractivity contribution in [3.05, 3.63) is 29.7 Å². The van der Waals surface area contributed by atoms with E-state index in [2.05, 4.69) is 35.3 Å². The van der Waals surface area contributed by atoms with Gasteiger partial charge >= 0.3 is 31.7 Å². The molecule has 0 saturated heterocycles. The zero-order valence-electron chi connectivity index (χ0n) is 25.4. The topological polar surface area (TPSA) is 348 Å². The molecule has 22 nitrogen and oxygen atoms in total. The van der Waals surface area contributed by atoms with Gasteiger partial charge in [0, 0.05) is 18.3 Å². The van der Waals surface area contributed by atoms with Crippen molar-refractivity contribution in [1.82, 2.24) is 26.1 Å². The Kier molecular flexibility index (Phi) is 15.4. The Balaban J connectivity index is 1.83. The molecule has 1 aliphatic rings. The van der Waals surface area contributed by atoms with Gasteiger partial charge in [-0.3, -0.25) is 29.0 Å². The van der Waals surface area contributed by atoms with Gasteiger partial charge in [-0.25, -0.2) is 19.1 Å². The summed E-state index contributed by atoms with van der Waals surface area (Å²) in [5.41, 5.74) is 8.05. The van der Waals surface area contributed by atoms with Crippen molar-refractivity contribution in [3.63, 3.8) is 0 Å². The first-order valence-corrected chi connectivity index (χ1v) is 15.7. The average Bonchev–Trinajstić information content (AvgIpc) is 3.63. The third-order valence-corrected chi connectivity index (χ3v) is 6.77. The van der Waals surface area contributed by atoms with Crippen LogP contribution in [0.1, 0.15) is 44.7 Å². The number of carbonyl (C=O) groups excluding carboxylic acids is 5. The molecule has 5 atom stereocenters. The number of imidazole rings is 1. The maximum Gasteiger partial charge on any atom is 0.525 e. The number of unbranched alkanes of at least 4 members (excludes halogenated alkanes) is 1. The minimum Gasteiger partial charge on any atom is -0.505 e. The molecule has 0 radical (unpaired) electrons. The van der Waals surface area contributed by atoms with Gasteiger partial charge in [0.25, 0.3) is 5.76 Å². The Morgan fingerprint density at radius 1 is 1.10 bits per heavy atom. The Morgan fingerprint density at radius 2 is 1.77 bits per heavy atom. The molecule has 0 fully saturated rings. The first-order chi connectivity index (χ1) is 22.5. The number of carbonyl (C=O) groups is 6. The summed E-state index contributed by atoms with van der Waals surface area (Å²) in [6.07, 6.45) is -1.14. The maximum absolute atomic E-state index is 13.0. The number of carboxylic acids is 1. The average molecular weight is 709 g/mol. The van der Waals surface area contributed by atoms with Crippen molar-refractivity contribution in [2.24, 2.45) is 5.73 Å². The number of nitrogens with zero attached hydrogens (tertiary/aromatic N) is 1. The van der Waals surface area contributed by atoms with E-state index in [9.17, 15) is 48.7 Å². The number of aliphatic hydroxyl groups excluding tert-OH is 2. The number of rotatable bonds is 21. The number of aliphatic hydroxyl groups is 2. The third kappa shape index (κ3) is 13.3. The van der Waals surface area contributed by atoms with Crippen LogP contribution in [0.3, 0.4) is 0 Å². The standard InChI is InChI=1S/C25H37N6O16P/c1-12(22(36)30-15(8-13-9-27-11-28-13)23(37)29-14(24(38)39)4-2-3-7-26)31-46-18(34)6-5-17(33)44-10-16(32)20-19(35)21(25(40)45-20)47-48(41,42)43/h9,11-12,14-16,20,31-32,35H,2-8,10,26H2,1H3,(H,27,28)(H,29,37)(H,30,36)(H,38,39)(H2,41,42,43). The van der Waals surface area contributed by atoms with Crippen molar-refractivity contribution in [1.29, 1.82) is 0 Å². The molecule has 1 aromatic heterocycles. The fourth-order valence-electron chi connectivity index (χ4n) is 3.87. The number of nitrogens with one attached hydrogen (secondary N) is 4. The van der Waals surface area contributed by atoms with Gasteiger partial charge in [-0.15, -0.1) is 5.48 Å². The van der Waals surface area contributed by atoms with E-state index in [0.29, 0.717) is 25.1 Å². The molecule has 0 aromatic carbocycles. The van der Waals surface area contributed by atoms with Gasteiger partial charge in [-0.05, 0) is 32.7 Å². The van der Waals surface area contributed by atoms with E-state index in [1.807, 2.05) is 0 Å². The van der Waals surface area contributed by atoms with E-state index in [4.69, 9.17) is 25.1 Å². The Labute approximate surface area is 271 Å². The molecule has 2 rings (SSSR count). The largest absolute Gasteiger partial charge is 0.525 e. The fraction of sp³-hybridized carbons (Fsp3) is 0.560. The van der Waals surface area contributed by atoms with Crippen molar-refractivity contribution < 1.29 is 77.3 Å². The normalized spacial score (nSPS) is 17.0. The molecule has 2 amide bonds. The number of phosphoric ester groups is 1. The number of hydroxylamine groups is 1. The van der Waals surface area contributed by atoms with Crippen LogP contribution >= 0.6 is 7.82 Å². The molecule has 1 aromatic rings. The lowest BCUT2D eigenvalue weighted by molar-refractivity contribution is -0.160.